The van der Waals surface area contributed by atoms with E-state index in [1.54, 1.807) is 0 Å². The van der Waals surface area contributed by atoms with Crippen molar-refractivity contribution in [1.29, 1.82) is 0 Å². The molecule has 0 saturated carbocycles. The van der Waals surface area contributed by atoms with E-state index in [-0.39, 0.29) is 6.04 Å². The van der Waals surface area contributed by atoms with Crippen molar-refractivity contribution < 1.29 is 14.0 Å². The molecule has 5 heterocycles. The Morgan fingerprint density at radius 3 is 2.64 bits per heavy atom. The topological polar surface area (TPSA) is 76.8 Å². The van der Waals surface area contributed by atoms with Gasteiger partial charge in [-0.05, 0) is 44.4 Å². The molecule has 0 spiro atoms. The average molecular weight is 385 g/mol. The number of aromatic nitrogens is 3. The summed E-state index contributed by atoms with van der Waals surface area (Å²) < 4.78 is 16.7. The molecule has 1 atom stereocenters. The normalized spacial score (nSPS) is 24.7. The maximum atomic E-state index is 5.72. The Morgan fingerprint density at radius 1 is 0.964 bits per heavy atom. The molecule has 3 aliphatic rings. The van der Waals surface area contributed by atoms with Crippen LogP contribution in [-0.4, -0.2) is 72.1 Å². The van der Waals surface area contributed by atoms with Crippen LogP contribution < -0.4 is 4.90 Å². The van der Waals surface area contributed by atoms with E-state index in [1.807, 2.05) is 18.3 Å². The zero-order valence-electron chi connectivity index (χ0n) is 16.1. The third kappa shape index (κ3) is 3.64. The molecule has 0 radical (unpaired) electrons. The molecule has 5 rings (SSSR count). The monoisotopic (exact) mass is 385 g/mol. The first-order chi connectivity index (χ1) is 13.9. The summed E-state index contributed by atoms with van der Waals surface area (Å²) in [6.07, 6.45) is 6.25. The highest BCUT2D eigenvalue weighted by Gasteiger charge is 2.36. The Labute approximate surface area is 164 Å². The summed E-state index contributed by atoms with van der Waals surface area (Å²) in [6, 6.07) is 4.78. The van der Waals surface area contributed by atoms with Crippen molar-refractivity contribution in [1.82, 2.24) is 20.0 Å². The predicted octanol–water partition coefficient (Wildman–Crippen LogP) is 2.28. The number of likely N-dealkylation sites (tertiary alicyclic amines) is 1. The minimum atomic E-state index is 0.227. The van der Waals surface area contributed by atoms with Crippen molar-refractivity contribution >= 4 is 5.82 Å². The van der Waals surface area contributed by atoms with Gasteiger partial charge in [0.1, 0.15) is 5.82 Å². The predicted molar refractivity (Wildman–Crippen MR) is 103 cm³/mol. The third-order valence-electron chi connectivity index (χ3n) is 6.02. The van der Waals surface area contributed by atoms with Crippen LogP contribution in [0.5, 0.6) is 0 Å². The number of nitrogens with zero attached hydrogens (tertiary/aromatic N) is 5. The Bertz CT molecular complexity index is 786. The van der Waals surface area contributed by atoms with E-state index in [4.69, 9.17) is 19.0 Å². The second kappa shape index (κ2) is 8.14. The summed E-state index contributed by atoms with van der Waals surface area (Å²) >= 11 is 0. The zero-order chi connectivity index (χ0) is 18.8. The molecular weight excluding hydrogens is 358 g/mol. The van der Waals surface area contributed by atoms with Crippen molar-refractivity contribution in [2.24, 2.45) is 0 Å². The molecule has 0 bridgehead atoms. The lowest BCUT2D eigenvalue weighted by Gasteiger charge is -2.33. The van der Waals surface area contributed by atoms with Crippen molar-refractivity contribution in [3.63, 3.8) is 0 Å². The van der Waals surface area contributed by atoms with Gasteiger partial charge in [-0.2, -0.15) is 4.98 Å². The first-order valence-electron chi connectivity index (χ1n) is 10.3. The second-order valence-corrected chi connectivity index (χ2v) is 7.70. The molecule has 3 fully saturated rings. The van der Waals surface area contributed by atoms with Gasteiger partial charge in [-0.15, -0.1) is 0 Å². The zero-order valence-corrected chi connectivity index (χ0v) is 16.1. The fourth-order valence-electron chi connectivity index (χ4n) is 4.52. The lowest BCUT2D eigenvalue weighted by atomic mass is 10.1. The third-order valence-corrected chi connectivity index (χ3v) is 6.02. The quantitative estimate of drug-likeness (QED) is 0.793. The van der Waals surface area contributed by atoms with E-state index >= 15 is 0 Å². The lowest BCUT2D eigenvalue weighted by Crippen LogP contribution is -2.39. The Balaban J connectivity index is 1.34. The number of ether oxygens (including phenoxy) is 2. The van der Waals surface area contributed by atoms with Gasteiger partial charge in [0, 0.05) is 44.1 Å². The van der Waals surface area contributed by atoms with Crippen molar-refractivity contribution in [2.45, 2.75) is 37.8 Å². The number of hydrogen-bond acceptors (Lipinski definition) is 8. The van der Waals surface area contributed by atoms with Gasteiger partial charge in [-0.3, -0.25) is 4.90 Å². The van der Waals surface area contributed by atoms with E-state index in [2.05, 4.69) is 19.9 Å². The molecule has 0 unspecified atom stereocenters. The van der Waals surface area contributed by atoms with E-state index in [1.165, 1.54) is 6.42 Å². The van der Waals surface area contributed by atoms with Crippen LogP contribution in [0, 0.1) is 0 Å². The average Bonchev–Trinajstić information content (AvgIpc) is 3.45. The van der Waals surface area contributed by atoms with Gasteiger partial charge < -0.3 is 18.9 Å². The van der Waals surface area contributed by atoms with Crippen molar-refractivity contribution in [3.8, 4) is 11.4 Å². The molecule has 2 aromatic heterocycles. The van der Waals surface area contributed by atoms with Crippen LogP contribution in [0.4, 0.5) is 5.82 Å². The smallest absolute Gasteiger partial charge is 0.244 e. The highest BCUT2D eigenvalue weighted by atomic mass is 16.5. The molecule has 0 aromatic carbocycles. The van der Waals surface area contributed by atoms with Gasteiger partial charge in [-0.25, -0.2) is 4.98 Å². The summed E-state index contributed by atoms with van der Waals surface area (Å²) in [4.78, 5) is 14.1. The molecule has 3 aliphatic heterocycles. The Hall–Kier alpha value is -2.03. The van der Waals surface area contributed by atoms with Crippen molar-refractivity contribution in [2.75, 3.05) is 51.0 Å². The van der Waals surface area contributed by atoms with Crippen LogP contribution in [0.3, 0.4) is 0 Å². The Morgan fingerprint density at radius 2 is 1.79 bits per heavy atom. The van der Waals surface area contributed by atoms with E-state index in [9.17, 15) is 0 Å². The maximum Gasteiger partial charge on any atom is 0.244 e. The molecule has 150 valence electrons. The molecule has 8 nitrogen and oxygen atoms in total. The molecule has 0 aliphatic carbocycles. The first-order valence-corrected chi connectivity index (χ1v) is 10.3. The molecule has 8 heteroatoms. The maximum absolute atomic E-state index is 5.72. The summed E-state index contributed by atoms with van der Waals surface area (Å²) in [7, 11) is 0. The minimum Gasteiger partial charge on any atom is -0.381 e. The summed E-state index contributed by atoms with van der Waals surface area (Å²) in [5.41, 5.74) is 0.946. The van der Waals surface area contributed by atoms with Crippen LogP contribution in [0.1, 0.15) is 37.6 Å². The molecule has 28 heavy (non-hydrogen) atoms. The summed E-state index contributed by atoms with van der Waals surface area (Å²) in [5, 5.41) is 4.29. The Kier molecular flexibility index (Phi) is 5.24. The first kappa shape index (κ1) is 18.0. The van der Waals surface area contributed by atoms with E-state index in [0.717, 1.165) is 82.6 Å². The number of hydrogen-bond donors (Lipinski definition) is 0. The van der Waals surface area contributed by atoms with Gasteiger partial charge in [0.25, 0.3) is 0 Å². The standard InChI is InChI=1S/C20H27N5O3/c1-2-17(25(7-1)16-4-10-26-11-5-16)20-22-19(23-28-20)15-3-6-21-18(14-15)24-8-12-27-13-9-24/h3,6,14,16-17H,1-2,4-5,7-13H2/t17-/m0/s1. The van der Waals surface area contributed by atoms with Crippen LogP contribution in [0.25, 0.3) is 11.4 Å². The highest BCUT2D eigenvalue weighted by molar-refractivity contribution is 5.59. The van der Waals surface area contributed by atoms with Gasteiger partial charge in [0.05, 0.1) is 19.3 Å². The summed E-state index contributed by atoms with van der Waals surface area (Å²) in [6.45, 7) is 5.99. The van der Waals surface area contributed by atoms with Crippen LogP contribution in [0.2, 0.25) is 0 Å². The largest absolute Gasteiger partial charge is 0.381 e. The second-order valence-electron chi connectivity index (χ2n) is 7.70. The van der Waals surface area contributed by atoms with E-state index in [0.29, 0.717) is 11.9 Å². The molecule has 0 amide bonds. The van der Waals surface area contributed by atoms with Crippen LogP contribution in [-0.2, 0) is 9.47 Å². The van der Waals surface area contributed by atoms with Crippen LogP contribution in [0.15, 0.2) is 22.9 Å². The molecular formula is C20H27N5O3. The van der Waals surface area contributed by atoms with E-state index < -0.39 is 0 Å². The highest BCUT2D eigenvalue weighted by Crippen LogP contribution is 2.36. The SMILES string of the molecule is c1cc(-c2noc([C@@H]3CCCN3C3CCOCC3)n2)cc(N2CCOCC2)n1. The van der Waals surface area contributed by atoms with Gasteiger partial charge >= 0.3 is 0 Å². The summed E-state index contributed by atoms with van der Waals surface area (Å²) in [5.74, 6) is 2.33. The van der Waals surface area contributed by atoms with Gasteiger partial charge in [0.15, 0.2) is 0 Å². The van der Waals surface area contributed by atoms with Crippen molar-refractivity contribution in [3.05, 3.63) is 24.2 Å². The lowest BCUT2D eigenvalue weighted by molar-refractivity contribution is 0.0243. The number of anilines is 1. The number of pyridine rings is 1. The van der Waals surface area contributed by atoms with Crippen LogP contribution >= 0.6 is 0 Å². The fraction of sp³-hybridized carbons (Fsp3) is 0.650. The molecule has 3 saturated heterocycles. The molecule has 2 aromatic rings. The minimum absolute atomic E-state index is 0.227. The number of rotatable bonds is 4. The van der Waals surface area contributed by atoms with Gasteiger partial charge in [0.2, 0.25) is 11.7 Å². The fourth-order valence-corrected chi connectivity index (χ4v) is 4.52. The van der Waals surface area contributed by atoms with Gasteiger partial charge in [-0.1, -0.05) is 5.16 Å². The molecule has 0 N–H and O–H groups in total. The number of morpholine rings is 1.